The van der Waals surface area contributed by atoms with Gasteiger partial charge in [0, 0.05) is 9.38 Å². The lowest BCUT2D eigenvalue weighted by Crippen LogP contribution is -2.20. The van der Waals surface area contributed by atoms with Crippen LogP contribution in [0.2, 0.25) is 5.02 Å². The second kappa shape index (κ2) is 6.60. The molecular formula is C9H9BrClN3O2. The van der Waals surface area contributed by atoms with Crippen LogP contribution in [0.25, 0.3) is 10.4 Å². The van der Waals surface area contributed by atoms with E-state index in [1.165, 1.54) is 0 Å². The highest BCUT2D eigenvalue weighted by Crippen LogP contribution is 2.27. The van der Waals surface area contributed by atoms with Gasteiger partial charge in [0.25, 0.3) is 0 Å². The van der Waals surface area contributed by atoms with Crippen molar-refractivity contribution in [3.05, 3.63) is 38.1 Å². The Bertz CT molecular complexity index is 410. The molecule has 16 heavy (non-hydrogen) atoms. The van der Waals surface area contributed by atoms with Gasteiger partial charge in [-0.25, -0.2) is 0 Å². The molecule has 0 aliphatic heterocycles. The molecule has 1 aromatic carbocycles. The molecular weight excluding hydrogens is 297 g/mol. The molecule has 1 aromatic rings. The number of aliphatic hydroxyl groups excluding tert-OH is 1. The summed E-state index contributed by atoms with van der Waals surface area (Å²) < 4.78 is 6.11. The first-order valence-corrected chi connectivity index (χ1v) is 5.57. The van der Waals surface area contributed by atoms with Crippen molar-refractivity contribution in [1.29, 1.82) is 0 Å². The van der Waals surface area contributed by atoms with Gasteiger partial charge in [-0.1, -0.05) is 32.6 Å². The van der Waals surface area contributed by atoms with Gasteiger partial charge in [-0.3, -0.25) is 0 Å². The van der Waals surface area contributed by atoms with Gasteiger partial charge in [-0.2, -0.15) is 0 Å². The average molecular weight is 307 g/mol. The van der Waals surface area contributed by atoms with Crippen LogP contribution >= 0.6 is 27.5 Å². The second-order valence-corrected chi connectivity index (χ2v) is 4.28. The molecule has 0 spiro atoms. The lowest BCUT2D eigenvalue weighted by atomic mass is 10.3. The molecule has 0 heterocycles. The van der Waals surface area contributed by atoms with Crippen molar-refractivity contribution in [2.75, 3.05) is 13.2 Å². The molecule has 0 bridgehead atoms. The van der Waals surface area contributed by atoms with Gasteiger partial charge in [-0.15, -0.1) is 0 Å². The van der Waals surface area contributed by atoms with E-state index in [0.717, 1.165) is 4.47 Å². The van der Waals surface area contributed by atoms with Crippen molar-refractivity contribution < 1.29 is 9.84 Å². The molecule has 0 aliphatic carbocycles. The molecule has 0 saturated carbocycles. The Hall–Kier alpha value is -0.940. The summed E-state index contributed by atoms with van der Waals surface area (Å²) in [5.41, 5.74) is 8.06. The molecule has 86 valence electrons. The first-order valence-electron chi connectivity index (χ1n) is 4.40. The average Bonchev–Trinajstić information content (AvgIpc) is 2.25. The summed E-state index contributed by atoms with van der Waals surface area (Å²) in [6.45, 7) is 0.00498. The number of halogens is 2. The van der Waals surface area contributed by atoms with E-state index < -0.39 is 6.10 Å². The Kier molecular flexibility index (Phi) is 5.42. The van der Waals surface area contributed by atoms with Gasteiger partial charge in [0.1, 0.15) is 12.4 Å². The Labute approximate surface area is 106 Å². The van der Waals surface area contributed by atoms with Crippen molar-refractivity contribution in [1.82, 2.24) is 0 Å². The number of nitrogens with zero attached hydrogens (tertiary/aromatic N) is 3. The quantitative estimate of drug-likeness (QED) is 0.515. The smallest absolute Gasteiger partial charge is 0.138 e. The van der Waals surface area contributed by atoms with E-state index in [2.05, 4.69) is 26.0 Å². The van der Waals surface area contributed by atoms with Gasteiger partial charge in [0.15, 0.2) is 0 Å². The van der Waals surface area contributed by atoms with Gasteiger partial charge in [0.2, 0.25) is 0 Å². The molecule has 7 heteroatoms. The van der Waals surface area contributed by atoms with E-state index in [4.69, 9.17) is 21.9 Å². The van der Waals surface area contributed by atoms with Crippen molar-refractivity contribution in [2.45, 2.75) is 6.10 Å². The molecule has 1 atom stereocenters. The maximum Gasteiger partial charge on any atom is 0.138 e. The molecule has 0 radical (unpaired) electrons. The monoisotopic (exact) mass is 305 g/mol. The maximum atomic E-state index is 9.34. The zero-order valence-corrected chi connectivity index (χ0v) is 10.5. The van der Waals surface area contributed by atoms with E-state index in [1.807, 2.05) is 0 Å². The van der Waals surface area contributed by atoms with Gasteiger partial charge >= 0.3 is 0 Å². The summed E-state index contributed by atoms with van der Waals surface area (Å²) in [4.78, 5) is 2.54. The predicted molar refractivity (Wildman–Crippen MR) is 64.7 cm³/mol. The van der Waals surface area contributed by atoms with E-state index in [-0.39, 0.29) is 13.2 Å². The number of hydrogen-bond donors (Lipinski definition) is 1. The van der Waals surface area contributed by atoms with Crippen LogP contribution < -0.4 is 4.74 Å². The van der Waals surface area contributed by atoms with Crippen LogP contribution in [0.4, 0.5) is 0 Å². The van der Waals surface area contributed by atoms with Crippen LogP contribution in [0.1, 0.15) is 0 Å². The fourth-order valence-corrected chi connectivity index (χ4v) is 1.69. The normalized spacial score (nSPS) is 11.7. The van der Waals surface area contributed by atoms with Crippen LogP contribution in [0.15, 0.2) is 27.8 Å². The van der Waals surface area contributed by atoms with Crippen LogP contribution in [0, 0.1) is 0 Å². The summed E-state index contributed by atoms with van der Waals surface area (Å²) in [7, 11) is 0. The summed E-state index contributed by atoms with van der Waals surface area (Å²) in [5.74, 6) is 0.477. The van der Waals surface area contributed by atoms with Crippen LogP contribution in [-0.2, 0) is 0 Å². The van der Waals surface area contributed by atoms with Crippen LogP contribution in [0.5, 0.6) is 5.75 Å². The molecule has 1 N–H and O–H groups in total. The number of azide groups is 1. The topological polar surface area (TPSA) is 78.2 Å². The predicted octanol–water partition coefficient (Wildman–Crippen LogP) is 3.15. The van der Waals surface area contributed by atoms with Gasteiger partial charge in [0.05, 0.1) is 17.7 Å². The molecule has 0 amide bonds. The molecule has 0 aliphatic rings. The molecule has 1 unspecified atom stereocenters. The largest absolute Gasteiger partial charge is 0.489 e. The molecule has 5 nitrogen and oxygen atoms in total. The third-order valence-corrected chi connectivity index (χ3v) is 2.47. The number of benzene rings is 1. The van der Waals surface area contributed by atoms with E-state index in [0.29, 0.717) is 10.8 Å². The number of rotatable bonds is 5. The summed E-state index contributed by atoms with van der Waals surface area (Å²) in [6.07, 6.45) is -0.837. The minimum Gasteiger partial charge on any atom is -0.489 e. The van der Waals surface area contributed by atoms with E-state index in [1.54, 1.807) is 18.2 Å². The van der Waals surface area contributed by atoms with Crippen LogP contribution in [0.3, 0.4) is 0 Å². The molecule has 0 fully saturated rings. The summed E-state index contributed by atoms with van der Waals surface area (Å²) in [5, 5.41) is 13.0. The third-order valence-electron chi connectivity index (χ3n) is 1.68. The van der Waals surface area contributed by atoms with Crippen LogP contribution in [-0.4, -0.2) is 24.4 Å². The Balaban J connectivity index is 2.51. The van der Waals surface area contributed by atoms with Crippen molar-refractivity contribution in [3.63, 3.8) is 0 Å². The van der Waals surface area contributed by atoms with Crippen molar-refractivity contribution in [3.8, 4) is 5.75 Å². The fraction of sp³-hybridized carbons (Fsp3) is 0.333. The SMILES string of the molecule is [N-]=[N+]=NCC(O)COc1ccc(Br)cc1Cl. The fourth-order valence-electron chi connectivity index (χ4n) is 0.962. The first-order chi connectivity index (χ1) is 7.63. The number of aliphatic hydroxyl groups is 1. The number of ether oxygens (including phenoxy) is 1. The zero-order chi connectivity index (χ0) is 12.0. The van der Waals surface area contributed by atoms with Gasteiger partial charge in [-0.05, 0) is 23.7 Å². The number of hydrogen-bond acceptors (Lipinski definition) is 3. The third kappa shape index (κ3) is 4.28. The molecule has 0 saturated heterocycles. The Morgan fingerprint density at radius 2 is 2.38 bits per heavy atom. The Morgan fingerprint density at radius 3 is 3.00 bits per heavy atom. The molecule has 0 aromatic heterocycles. The van der Waals surface area contributed by atoms with E-state index >= 15 is 0 Å². The van der Waals surface area contributed by atoms with Crippen molar-refractivity contribution >= 4 is 27.5 Å². The minimum absolute atomic E-state index is 0.0232. The summed E-state index contributed by atoms with van der Waals surface area (Å²) >= 11 is 9.16. The van der Waals surface area contributed by atoms with Crippen molar-refractivity contribution in [2.24, 2.45) is 5.11 Å². The highest BCUT2D eigenvalue weighted by molar-refractivity contribution is 9.10. The lowest BCUT2D eigenvalue weighted by molar-refractivity contribution is 0.114. The first kappa shape index (κ1) is 13.1. The standard InChI is InChI=1S/C9H9BrClN3O2/c10-6-1-2-9(8(11)3-6)16-5-7(15)4-13-14-12/h1-3,7,15H,4-5H2. The maximum absolute atomic E-state index is 9.34. The van der Waals surface area contributed by atoms with Gasteiger partial charge < -0.3 is 9.84 Å². The zero-order valence-electron chi connectivity index (χ0n) is 8.18. The lowest BCUT2D eigenvalue weighted by Gasteiger charge is -2.11. The highest BCUT2D eigenvalue weighted by Gasteiger charge is 2.06. The van der Waals surface area contributed by atoms with E-state index in [9.17, 15) is 5.11 Å². The Morgan fingerprint density at radius 1 is 1.62 bits per heavy atom. The molecule has 1 rings (SSSR count). The second-order valence-electron chi connectivity index (χ2n) is 2.95. The minimum atomic E-state index is -0.837. The highest BCUT2D eigenvalue weighted by atomic mass is 79.9. The summed E-state index contributed by atoms with van der Waals surface area (Å²) in [6, 6.07) is 5.16.